The first-order chi connectivity index (χ1) is 16.2. The maximum absolute atomic E-state index is 6.35. The Kier molecular flexibility index (Phi) is 9.53. The molecule has 4 rings (SSSR count). The minimum absolute atomic E-state index is 0.460. The van der Waals surface area contributed by atoms with E-state index in [1.54, 1.807) is 0 Å². The average Bonchev–Trinajstić information content (AvgIpc) is 2.88. The summed E-state index contributed by atoms with van der Waals surface area (Å²) in [6, 6.07) is 8.98. The van der Waals surface area contributed by atoms with Crippen LogP contribution in [0, 0.1) is 23.7 Å². The van der Waals surface area contributed by atoms with Crippen LogP contribution in [0.4, 0.5) is 0 Å². The zero-order valence-electron chi connectivity index (χ0n) is 20.9. The Labute approximate surface area is 202 Å². The van der Waals surface area contributed by atoms with Crippen molar-refractivity contribution in [2.75, 3.05) is 13.2 Å². The lowest BCUT2D eigenvalue weighted by atomic mass is 9.82. The van der Waals surface area contributed by atoms with Crippen LogP contribution in [0.3, 0.4) is 0 Å². The Morgan fingerprint density at radius 2 is 1.52 bits per heavy atom. The van der Waals surface area contributed by atoms with E-state index in [4.69, 9.17) is 9.47 Å². The highest BCUT2D eigenvalue weighted by atomic mass is 16.5. The van der Waals surface area contributed by atoms with Gasteiger partial charge in [-0.15, -0.1) is 6.58 Å². The summed E-state index contributed by atoms with van der Waals surface area (Å²) < 4.78 is 12.5. The van der Waals surface area contributed by atoms with E-state index in [-0.39, 0.29) is 0 Å². The number of hydrogen-bond acceptors (Lipinski definition) is 2. The third kappa shape index (κ3) is 7.47. The Morgan fingerprint density at radius 3 is 2.15 bits per heavy atom. The van der Waals surface area contributed by atoms with E-state index < -0.39 is 0 Å². The minimum Gasteiger partial charge on any atom is -0.493 e. The molecule has 0 heterocycles. The standard InChI is InChI=1S/C31H46O2/c1-3-5-25-8-12-27(13-9-25)23-33-31-20-16-29(17-21-31)28-14-18-30(19-15-28)32-22-26-10-6-24(4-2)7-11-26/h4,8,12,14-15,18-19,24-27,29,31H,2-3,5-7,9-11,13,16-17,20-23H2,1H3. The summed E-state index contributed by atoms with van der Waals surface area (Å²) in [5.41, 5.74) is 1.48. The first-order valence-corrected chi connectivity index (χ1v) is 13.9. The maximum atomic E-state index is 6.35. The molecule has 0 bridgehead atoms. The van der Waals surface area contributed by atoms with Crippen LogP contribution in [-0.2, 0) is 4.74 Å². The highest BCUT2D eigenvalue weighted by molar-refractivity contribution is 5.29. The topological polar surface area (TPSA) is 18.5 Å². The van der Waals surface area contributed by atoms with Gasteiger partial charge < -0.3 is 9.47 Å². The van der Waals surface area contributed by atoms with Gasteiger partial charge in [0.2, 0.25) is 0 Å². The molecule has 3 aliphatic carbocycles. The molecule has 1 aromatic carbocycles. The quantitative estimate of drug-likeness (QED) is 0.333. The minimum atomic E-state index is 0.460. The Bertz CT molecular complexity index is 720. The average molecular weight is 451 g/mol. The van der Waals surface area contributed by atoms with Gasteiger partial charge in [-0.25, -0.2) is 0 Å². The van der Waals surface area contributed by atoms with Crippen molar-refractivity contribution >= 4 is 0 Å². The molecule has 0 radical (unpaired) electrons. The molecule has 0 aromatic heterocycles. The van der Waals surface area contributed by atoms with Gasteiger partial charge in [-0.2, -0.15) is 0 Å². The van der Waals surface area contributed by atoms with Crippen molar-refractivity contribution < 1.29 is 9.47 Å². The summed E-state index contributed by atoms with van der Waals surface area (Å²) in [5.74, 6) is 4.60. The number of benzene rings is 1. The SMILES string of the molecule is C=CC1CCC(COc2ccc(C3CCC(OCC4C=CC(CCC)CC4)CC3)cc2)CC1. The fourth-order valence-electron chi connectivity index (χ4n) is 6.15. The monoisotopic (exact) mass is 450 g/mol. The lowest BCUT2D eigenvalue weighted by Crippen LogP contribution is -2.24. The van der Waals surface area contributed by atoms with Crippen LogP contribution in [-0.4, -0.2) is 19.3 Å². The number of allylic oxidation sites excluding steroid dienone is 2. The smallest absolute Gasteiger partial charge is 0.119 e. The molecular weight excluding hydrogens is 404 g/mol. The van der Waals surface area contributed by atoms with Gasteiger partial charge in [-0.3, -0.25) is 0 Å². The Morgan fingerprint density at radius 1 is 0.818 bits per heavy atom. The number of rotatable bonds is 10. The fraction of sp³-hybridized carbons (Fsp3) is 0.677. The number of ether oxygens (including phenoxy) is 2. The van der Waals surface area contributed by atoms with Crippen molar-refractivity contribution in [2.24, 2.45) is 23.7 Å². The van der Waals surface area contributed by atoms with Crippen LogP contribution in [0.15, 0.2) is 49.1 Å². The van der Waals surface area contributed by atoms with E-state index in [0.29, 0.717) is 23.9 Å². The first-order valence-electron chi connectivity index (χ1n) is 13.9. The van der Waals surface area contributed by atoms with Gasteiger partial charge in [0.15, 0.2) is 0 Å². The van der Waals surface area contributed by atoms with Crippen LogP contribution in [0.25, 0.3) is 0 Å². The van der Waals surface area contributed by atoms with Crippen molar-refractivity contribution in [3.63, 3.8) is 0 Å². The van der Waals surface area contributed by atoms with Crippen molar-refractivity contribution in [3.8, 4) is 5.75 Å². The summed E-state index contributed by atoms with van der Waals surface area (Å²) in [5, 5.41) is 0. The molecule has 182 valence electrons. The molecule has 2 heteroatoms. The third-order valence-electron chi connectivity index (χ3n) is 8.51. The largest absolute Gasteiger partial charge is 0.493 e. The zero-order valence-corrected chi connectivity index (χ0v) is 20.9. The van der Waals surface area contributed by atoms with E-state index in [1.165, 1.54) is 82.6 Å². The Balaban J connectivity index is 1.13. The van der Waals surface area contributed by atoms with Gasteiger partial charge in [-0.1, -0.05) is 43.7 Å². The van der Waals surface area contributed by atoms with Crippen LogP contribution < -0.4 is 4.74 Å². The van der Waals surface area contributed by atoms with Crippen molar-refractivity contribution in [1.82, 2.24) is 0 Å². The van der Waals surface area contributed by atoms with Gasteiger partial charge in [0.05, 0.1) is 19.3 Å². The fourth-order valence-corrected chi connectivity index (χ4v) is 6.15. The molecule has 2 unspecified atom stereocenters. The molecule has 3 aliphatic rings. The third-order valence-corrected chi connectivity index (χ3v) is 8.51. The van der Waals surface area contributed by atoms with E-state index in [1.807, 2.05) is 0 Å². The second-order valence-corrected chi connectivity index (χ2v) is 11.0. The van der Waals surface area contributed by atoms with Crippen molar-refractivity contribution in [3.05, 3.63) is 54.6 Å². The van der Waals surface area contributed by atoms with Crippen LogP contribution in [0.5, 0.6) is 5.75 Å². The molecule has 0 saturated heterocycles. The van der Waals surface area contributed by atoms with E-state index >= 15 is 0 Å². The van der Waals surface area contributed by atoms with Crippen LogP contribution in [0.1, 0.15) is 95.5 Å². The predicted molar refractivity (Wildman–Crippen MR) is 139 cm³/mol. The van der Waals surface area contributed by atoms with Crippen molar-refractivity contribution in [2.45, 2.75) is 96.0 Å². The molecule has 0 aliphatic heterocycles. The van der Waals surface area contributed by atoms with E-state index in [0.717, 1.165) is 30.8 Å². The van der Waals surface area contributed by atoms with E-state index in [2.05, 4.69) is 56.0 Å². The maximum Gasteiger partial charge on any atom is 0.119 e. The lowest BCUT2D eigenvalue weighted by Gasteiger charge is -2.30. The van der Waals surface area contributed by atoms with Crippen LogP contribution in [0.2, 0.25) is 0 Å². The number of hydrogen-bond donors (Lipinski definition) is 0. The van der Waals surface area contributed by atoms with Gasteiger partial charge in [0, 0.05) is 5.92 Å². The van der Waals surface area contributed by atoms with Gasteiger partial charge in [0.25, 0.3) is 0 Å². The normalized spacial score (nSPS) is 32.4. The van der Waals surface area contributed by atoms with Gasteiger partial charge in [-0.05, 0) is 112 Å². The molecule has 2 nitrogen and oxygen atoms in total. The Hall–Kier alpha value is -1.54. The molecular formula is C31H46O2. The summed E-state index contributed by atoms with van der Waals surface area (Å²) in [7, 11) is 0. The second-order valence-electron chi connectivity index (χ2n) is 11.0. The molecule has 0 N–H and O–H groups in total. The molecule has 2 fully saturated rings. The van der Waals surface area contributed by atoms with Crippen LogP contribution >= 0.6 is 0 Å². The molecule has 2 atom stereocenters. The van der Waals surface area contributed by atoms with Gasteiger partial charge >= 0.3 is 0 Å². The second kappa shape index (κ2) is 12.8. The lowest BCUT2D eigenvalue weighted by molar-refractivity contribution is 0.00924. The molecule has 2 saturated carbocycles. The molecule has 1 aromatic rings. The highest BCUT2D eigenvalue weighted by Gasteiger charge is 2.24. The van der Waals surface area contributed by atoms with E-state index in [9.17, 15) is 0 Å². The predicted octanol–water partition coefficient (Wildman–Crippen LogP) is 8.48. The molecule has 33 heavy (non-hydrogen) atoms. The van der Waals surface area contributed by atoms with Crippen molar-refractivity contribution in [1.29, 1.82) is 0 Å². The van der Waals surface area contributed by atoms with Gasteiger partial charge in [0.1, 0.15) is 5.75 Å². The first kappa shape index (κ1) is 24.6. The summed E-state index contributed by atoms with van der Waals surface area (Å²) >= 11 is 0. The summed E-state index contributed by atoms with van der Waals surface area (Å²) in [6.07, 6.45) is 22.8. The molecule has 0 amide bonds. The highest BCUT2D eigenvalue weighted by Crippen LogP contribution is 2.36. The molecule has 0 spiro atoms. The summed E-state index contributed by atoms with van der Waals surface area (Å²) in [6.45, 7) is 8.02. The zero-order chi connectivity index (χ0) is 22.9. The summed E-state index contributed by atoms with van der Waals surface area (Å²) in [4.78, 5) is 0.